The van der Waals surface area contributed by atoms with E-state index in [0.717, 1.165) is 49.6 Å². The number of hydrogen-bond donors (Lipinski definition) is 3. The van der Waals surface area contributed by atoms with Gasteiger partial charge in [-0.3, -0.25) is 9.79 Å². The van der Waals surface area contributed by atoms with Crippen molar-refractivity contribution in [1.82, 2.24) is 10.6 Å². The second kappa shape index (κ2) is 12.4. The third-order valence-corrected chi connectivity index (χ3v) is 4.52. The molecule has 1 atom stereocenters. The van der Waals surface area contributed by atoms with E-state index in [1.54, 1.807) is 7.05 Å². The molecule has 3 N–H and O–H groups in total. The highest BCUT2D eigenvalue weighted by Crippen LogP contribution is 2.12. The average Bonchev–Trinajstić information content (AvgIpc) is 3.21. The number of nitrogens with zero attached hydrogens (tertiary/aromatic N) is 1. The normalized spacial score (nSPS) is 17.0. The van der Waals surface area contributed by atoms with Crippen LogP contribution < -0.4 is 16.0 Å². The monoisotopic (exact) mass is 390 g/mol. The van der Waals surface area contributed by atoms with Crippen LogP contribution in [-0.2, 0) is 20.8 Å². The summed E-state index contributed by atoms with van der Waals surface area (Å²) in [6.45, 7) is 7.49. The first kappa shape index (κ1) is 22.2. The molecular formula is C21H34N4O3. The molecule has 156 valence electrons. The fraction of sp³-hybridized carbons (Fsp3) is 0.619. The molecule has 0 aromatic heterocycles. The number of guanidine groups is 1. The number of aliphatic imine (C=N–C) groups is 1. The Labute approximate surface area is 168 Å². The highest BCUT2D eigenvalue weighted by Gasteiger charge is 2.14. The van der Waals surface area contributed by atoms with E-state index >= 15 is 0 Å². The third kappa shape index (κ3) is 8.27. The fourth-order valence-corrected chi connectivity index (χ4v) is 2.77. The summed E-state index contributed by atoms with van der Waals surface area (Å²) >= 11 is 0. The number of hydrogen-bond acceptors (Lipinski definition) is 4. The fourth-order valence-electron chi connectivity index (χ4n) is 2.77. The topological polar surface area (TPSA) is 84.0 Å². The lowest BCUT2D eigenvalue weighted by atomic mass is 10.1. The van der Waals surface area contributed by atoms with E-state index in [0.29, 0.717) is 19.8 Å². The highest BCUT2D eigenvalue weighted by atomic mass is 16.5. The van der Waals surface area contributed by atoms with Crippen LogP contribution >= 0.6 is 0 Å². The summed E-state index contributed by atoms with van der Waals surface area (Å²) in [5, 5.41) is 9.47. The van der Waals surface area contributed by atoms with Crippen LogP contribution in [0.3, 0.4) is 0 Å². The summed E-state index contributed by atoms with van der Waals surface area (Å²) in [5.74, 6) is 0.753. The van der Waals surface area contributed by atoms with E-state index in [4.69, 9.17) is 9.47 Å². The molecule has 1 amide bonds. The largest absolute Gasteiger partial charge is 0.379 e. The zero-order chi connectivity index (χ0) is 20.2. The maximum absolute atomic E-state index is 11.7. The molecule has 28 heavy (non-hydrogen) atoms. The number of carbonyl (C=O) groups excluding carboxylic acids is 1. The summed E-state index contributed by atoms with van der Waals surface area (Å²) in [7, 11) is 1.76. The molecule has 0 spiro atoms. The minimum absolute atomic E-state index is 0.0234. The molecule has 0 bridgehead atoms. The molecule has 1 fully saturated rings. The van der Waals surface area contributed by atoms with Gasteiger partial charge in [-0.2, -0.15) is 0 Å². The molecule has 0 saturated carbocycles. The van der Waals surface area contributed by atoms with Gasteiger partial charge in [0, 0.05) is 45.0 Å². The first-order chi connectivity index (χ1) is 13.6. The van der Waals surface area contributed by atoms with Crippen LogP contribution in [0.1, 0.15) is 38.7 Å². The molecule has 1 saturated heterocycles. The number of nitrogens with one attached hydrogen (secondary N) is 3. The molecular weight excluding hydrogens is 356 g/mol. The van der Waals surface area contributed by atoms with Crippen LogP contribution in [0.5, 0.6) is 0 Å². The quantitative estimate of drug-likeness (QED) is 0.325. The average molecular weight is 391 g/mol. The van der Waals surface area contributed by atoms with Gasteiger partial charge < -0.3 is 25.4 Å². The molecule has 1 aliphatic rings. The van der Waals surface area contributed by atoms with Crippen LogP contribution in [0.25, 0.3) is 0 Å². The Kier molecular flexibility index (Phi) is 9.79. The molecule has 0 radical (unpaired) electrons. The molecule has 0 aliphatic carbocycles. The van der Waals surface area contributed by atoms with Gasteiger partial charge in [0.1, 0.15) is 0 Å². The van der Waals surface area contributed by atoms with Gasteiger partial charge in [-0.05, 0) is 37.0 Å². The Morgan fingerprint density at radius 1 is 1.29 bits per heavy atom. The predicted octanol–water partition coefficient (Wildman–Crippen LogP) is 2.53. The SMILES string of the molecule is CN=C(NCCCOCC1CCCO1)NCc1ccc(NC(=O)C(C)C)cc1. The molecule has 7 nitrogen and oxygen atoms in total. The Morgan fingerprint density at radius 3 is 2.71 bits per heavy atom. The molecule has 1 aliphatic heterocycles. The van der Waals surface area contributed by atoms with Crippen LogP contribution in [0, 0.1) is 5.92 Å². The number of amides is 1. The predicted molar refractivity (Wildman–Crippen MR) is 113 cm³/mol. The lowest BCUT2D eigenvalue weighted by Crippen LogP contribution is -2.37. The van der Waals surface area contributed by atoms with Gasteiger partial charge in [0.2, 0.25) is 5.91 Å². The van der Waals surface area contributed by atoms with Gasteiger partial charge in [-0.15, -0.1) is 0 Å². The lowest BCUT2D eigenvalue weighted by Gasteiger charge is -2.13. The number of benzene rings is 1. The Morgan fingerprint density at radius 2 is 2.07 bits per heavy atom. The lowest BCUT2D eigenvalue weighted by molar-refractivity contribution is -0.118. The van der Waals surface area contributed by atoms with Crippen molar-refractivity contribution in [2.45, 2.75) is 45.8 Å². The van der Waals surface area contributed by atoms with Gasteiger partial charge in [0.05, 0.1) is 12.7 Å². The number of rotatable bonds is 10. The summed E-state index contributed by atoms with van der Waals surface area (Å²) < 4.78 is 11.2. The molecule has 1 aromatic carbocycles. The maximum Gasteiger partial charge on any atom is 0.226 e. The van der Waals surface area contributed by atoms with Crippen molar-refractivity contribution in [2.24, 2.45) is 10.9 Å². The van der Waals surface area contributed by atoms with Crippen molar-refractivity contribution in [1.29, 1.82) is 0 Å². The van der Waals surface area contributed by atoms with Crippen LogP contribution in [0.15, 0.2) is 29.3 Å². The first-order valence-corrected chi connectivity index (χ1v) is 10.1. The van der Waals surface area contributed by atoms with E-state index in [9.17, 15) is 4.79 Å². The summed E-state index contributed by atoms with van der Waals surface area (Å²) in [5.41, 5.74) is 1.93. The number of carbonyl (C=O) groups is 1. The van der Waals surface area contributed by atoms with Crippen molar-refractivity contribution in [3.8, 4) is 0 Å². The third-order valence-electron chi connectivity index (χ3n) is 4.52. The summed E-state index contributed by atoms with van der Waals surface area (Å²) in [6.07, 6.45) is 3.46. The van der Waals surface area contributed by atoms with Crippen LogP contribution in [0.4, 0.5) is 5.69 Å². The molecule has 2 rings (SSSR count). The zero-order valence-electron chi connectivity index (χ0n) is 17.3. The molecule has 1 aromatic rings. The van der Waals surface area contributed by atoms with Crippen LogP contribution in [-0.4, -0.2) is 51.4 Å². The smallest absolute Gasteiger partial charge is 0.226 e. The van der Waals surface area contributed by atoms with Crippen molar-refractivity contribution in [3.05, 3.63) is 29.8 Å². The maximum atomic E-state index is 11.7. The van der Waals surface area contributed by atoms with Gasteiger partial charge in [0.15, 0.2) is 5.96 Å². The minimum atomic E-state index is -0.0304. The Bertz CT molecular complexity index is 611. The van der Waals surface area contributed by atoms with Crippen molar-refractivity contribution in [2.75, 3.05) is 38.7 Å². The number of anilines is 1. The van der Waals surface area contributed by atoms with Gasteiger partial charge >= 0.3 is 0 Å². The Balaban J connectivity index is 1.60. The molecule has 1 heterocycles. The van der Waals surface area contributed by atoms with Gasteiger partial charge in [-0.25, -0.2) is 0 Å². The van der Waals surface area contributed by atoms with Gasteiger partial charge in [-0.1, -0.05) is 26.0 Å². The van der Waals surface area contributed by atoms with Gasteiger partial charge in [0.25, 0.3) is 0 Å². The summed E-state index contributed by atoms with van der Waals surface area (Å²) in [4.78, 5) is 16.0. The van der Waals surface area contributed by atoms with Crippen molar-refractivity contribution < 1.29 is 14.3 Å². The molecule has 1 unspecified atom stereocenters. The van der Waals surface area contributed by atoms with E-state index in [1.165, 1.54) is 0 Å². The van der Waals surface area contributed by atoms with Crippen molar-refractivity contribution >= 4 is 17.6 Å². The standard InChI is InChI=1S/C21H34N4O3/c1-16(2)20(26)25-18-9-7-17(8-10-18)14-24-21(22-3)23-11-5-12-27-15-19-6-4-13-28-19/h7-10,16,19H,4-6,11-15H2,1-3H3,(H,25,26)(H2,22,23,24). The van der Waals surface area contributed by atoms with E-state index in [1.807, 2.05) is 38.1 Å². The van der Waals surface area contributed by atoms with E-state index < -0.39 is 0 Å². The minimum Gasteiger partial charge on any atom is -0.379 e. The second-order valence-electron chi connectivity index (χ2n) is 7.26. The molecule has 7 heteroatoms. The first-order valence-electron chi connectivity index (χ1n) is 10.1. The van der Waals surface area contributed by atoms with E-state index in [-0.39, 0.29) is 17.9 Å². The number of ether oxygens (including phenoxy) is 2. The van der Waals surface area contributed by atoms with E-state index in [2.05, 4.69) is 20.9 Å². The second-order valence-corrected chi connectivity index (χ2v) is 7.26. The zero-order valence-corrected chi connectivity index (χ0v) is 17.3. The summed E-state index contributed by atoms with van der Waals surface area (Å²) in [6, 6.07) is 7.82. The van der Waals surface area contributed by atoms with Crippen LogP contribution in [0.2, 0.25) is 0 Å². The van der Waals surface area contributed by atoms with Crippen molar-refractivity contribution in [3.63, 3.8) is 0 Å². The Hall–Kier alpha value is -2.12. The highest BCUT2D eigenvalue weighted by molar-refractivity contribution is 5.92.